The van der Waals surface area contributed by atoms with Crippen LogP contribution in [0.25, 0.3) is 0 Å². The summed E-state index contributed by atoms with van der Waals surface area (Å²) in [6.07, 6.45) is 0.934. The van der Waals surface area contributed by atoms with Crippen LogP contribution in [0.2, 0.25) is 5.02 Å². The van der Waals surface area contributed by atoms with E-state index < -0.39 is 11.8 Å². The number of benzene rings is 2. The number of hydrogen-bond acceptors (Lipinski definition) is 4. The van der Waals surface area contributed by atoms with Crippen molar-refractivity contribution in [2.24, 2.45) is 0 Å². The fraction of sp³-hybridized carbons (Fsp3) is 0.167. The summed E-state index contributed by atoms with van der Waals surface area (Å²) < 4.78 is 5.37. The molecule has 2 aromatic carbocycles. The van der Waals surface area contributed by atoms with Crippen LogP contribution >= 0.6 is 23.8 Å². The maximum Gasteiger partial charge on any atom is 0.276 e. The Morgan fingerprint density at radius 3 is 2.31 bits per heavy atom. The summed E-state index contributed by atoms with van der Waals surface area (Å²) >= 11 is 10.7. The second kappa shape index (κ2) is 9.74. The largest absolute Gasteiger partial charge is 0.484 e. The number of thiocarbonyl (C=S) groups is 1. The van der Waals surface area contributed by atoms with Crippen LogP contribution in [0.3, 0.4) is 0 Å². The molecule has 0 spiro atoms. The maximum absolute atomic E-state index is 12.0. The van der Waals surface area contributed by atoms with Crippen molar-refractivity contribution in [2.45, 2.75) is 13.3 Å². The molecule has 0 unspecified atom stereocenters. The number of hydrogen-bond donors (Lipinski definition) is 3. The molecule has 0 atom stereocenters. The van der Waals surface area contributed by atoms with Crippen molar-refractivity contribution in [1.82, 2.24) is 16.2 Å². The number of carbonyl (C=O) groups is 2. The Morgan fingerprint density at radius 1 is 1.04 bits per heavy atom. The zero-order valence-electron chi connectivity index (χ0n) is 14.0. The van der Waals surface area contributed by atoms with Crippen molar-refractivity contribution in [1.29, 1.82) is 0 Å². The summed E-state index contributed by atoms with van der Waals surface area (Å²) in [5.41, 5.74) is 6.37. The number of halogens is 1. The third-order valence-corrected chi connectivity index (χ3v) is 3.81. The standard InChI is InChI=1S/C18H18ClN3O3S/c1-2-12-3-9-15(10-4-12)25-11-16(23)21-22-18(26)20-17(24)13-5-7-14(19)8-6-13/h3-10H,2,11H2,1H3,(H,21,23)(H2,20,22,24,26). The zero-order chi connectivity index (χ0) is 18.9. The van der Waals surface area contributed by atoms with Gasteiger partial charge in [-0.1, -0.05) is 30.7 Å². The Hall–Kier alpha value is -2.64. The van der Waals surface area contributed by atoms with E-state index in [4.69, 9.17) is 28.6 Å². The third kappa shape index (κ3) is 6.34. The number of aryl methyl sites for hydroxylation is 1. The Bertz CT molecular complexity index is 779. The minimum atomic E-state index is -0.437. The minimum absolute atomic E-state index is 0.0365. The molecule has 0 saturated carbocycles. The zero-order valence-corrected chi connectivity index (χ0v) is 15.6. The van der Waals surface area contributed by atoms with Gasteiger partial charge in [0.25, 0.3) is 11.8 Å². The highest BCUT2D eigenvalue weighted by atomic mass is 35.5. The van der Waals surface area contributed by atoms with E-state index in [0.29, 0.717) is 16.3 Å². The predicted molar refractivity (Wildman–Crippen MR) is 104 cm³/mol. The van der Waals surface area contributed by atoms with Gasteiger partial charge in [0.1, 0.15) is 5.75 Å². The van der Waals surface area contributed by atoms with E-state index in [1.54, 1.807) is 36.4 Å². The first-order chi connectivity index (χ1) is 12.5. The average Bonchev–Trinajstić information content (AvgIpc) is 2.65. The van der Waals surface area contributed by atoms with E-state index in [-0.39, 0.29) is 11.7 Å². The van der Waals surface area contributed by atoms with Gasteiger partial charge >= 0.3 is 0 Å². The minimum Gasteiger partial charge on any atom is -0.484 e. The van der Waals surface area contributed by atoms with Gasteiger partial charge in [0.2, 0.25) is 0 Å². The fourth-order valence-corrected chi connectivity index (χ4v) is 2.21. The molecule has 2 amide bonds. The number of amides is 2. The molecular weight excluding hydrogens is 374 g/mol. The molecule has 0 radical (unpaired) electrons. The van der Waals surface area contributed by atoms with Gasteiger partial charge in [-0.2, -0.15) is 0 Å². The van der Waals surface area contributed by atoms with Gasteiger partial charge in [-0.15, -0.1) is 0 Å². The van der Waals surface area contributed by atoms with Crippen molar-refractivity contribution in [3.8, 4) is 5.75 Å². The number of nitrogens with one attached hydrogen (secondary N) is 3. The van der Waals surface area contributed by atoms with Gasteiger partial charge in [-0.05, 0) is 60.6 Å². The van der Waals surface area contributed by atoms with Gasteiger partial charge in [-0.3, -0.25) is 25.8 Å². The lowest BCUT2D eigenvalue weighted by Gasteiger charge is -2.11. The summed E-state index contributed by atoms with van der Waals surface area (Å²) in [6, 6.07) is 13.8. The van der Waals surface area contributed by atoms with Gasteiger partial charge < -0.3 is 4.74 Å². The third-order valence-electron chi connectivity index (χ3n) is 3.35. The van der Waals surface area contributed by atoms with Crippen molar-refractivity contribution in [3.05, 3.63) is 64.7 Å². The first-order valence-corrected chi connectivity index (χ1v) is 8.64. The van der Waals surface area contributed by atoms with Crippen LogP contribution < -0.4 is 20.9 Å². The van der Waals surface area contributed by atoms with Crippen LogP contribution in [0, 0.1) is 0 Å². The molecule has 0 bridgehead atoms. The molecule has 8 heteroatoms. The number of rotatable bonds is 5. The molecular formula is C18H18ClN3O3S. The molecule has 136 valence electrons. The van der Waals surface area contributed by atoms with Crippen molar-refractivity contribution < 1.29 is 14.3 Å². The highest BCUT2D eigenvalue weighted by molar-refractivity contribution is 7.80. The molecule has 26 heavy (non-hydrogen) atoms. The number of carbonyl (C=O) groups excluding carboxylic acids is 2. The van der Waals surface area contributed by atoms with Crippen molar-refractivity contribution >= 4 is 40.7 Å². The Kier molecular flexibility index (Phi) is 7.37. The van der Waals surface area contributed by atoms with E-state index in [1.165, 1.54) is 5.56 Å². The maximum atomic E-state index is 12.0. The van der Waals surface area contributed by atoms with Crippen LogP contribution in [0.5, 0.6) is 5.75 Å². The van der Waals surface area contributed by atoms with E-state index >= 15 is 0 Å². The predicted octanol–water partition coefficient (Wildman–Crippen LogP) is 2.62. The van der Waals surface area contributed by atoms with Gasteiger partial charge in [0, 0.05) is 10.6 Å². The van der Waals surface area contributed by atoms with Crippen LogP contribution in [-0.2, 0) is 11.2 Å². The molecule has 0 saturated heterocycles. The second-order valence-electron chi connectivity index (χ2n) is 5.25. The molecule has 0 aliphatic carbocycles. The molecule has 0 aromatic heterocycles. The molecule has 6 nitrogen and oxygen atoms in total. The fourth-order valence-electron chi connectivity index (χ4n) is 1.94. The van der Waals surface area contributed by atoms with Crippen molar-refractivity contribution in [3.63, 3.8) is 0 Å². The van der Waals surface area contributed by atoms with E-state index in [0.717, 1.165) is 6.42 Å². The Balaban J connectivity index is 1.71. The van der Waals surface area contributed by atoms with Crippen molar-refractivity contribution in [2.75, 3.05) is 6.61 Å². The number of ether oxygens (including phenoxy) is 1. The van der Waals surface area contributed by atoms with Crippen LogP contribution in [0.4, 0.5) is 0 Å². The average molecular weight is 392 g/mol. The van der Waals surface area contributed by atoms with Gasteiger partial charge in [-0.25, -0.2) is 0 Å². The normalized spacial score (nSPS) is 9.92. The van der Waals surface area contributed by atoms with Crippen LogP contribution in [-0.4, -0.2) is 23.5 Å². The van der Waals surface area contributed by atoms with Gasteiger partial charge in [0.05, 0.1) is 0 Å². The summed E-state index contributed by atoms with van der Waals surface area (Å²) in [5.74, 6) is -0.260. The molecule has 0 aliphatic heterocycles. The monoisotopic (exact) mass is 391 g/mol. The molecule has 0 heterocycles. The molecule has 0 fully saturated rings. The first-order valence-electron chi connectivity index (χ1n) is 7.85. The second-order valence-corrected chi connectivity index (χ2v) is 6.09. The van der Waals surface area contributed by atoms with Crippen LogP contribution in [0.1, 0.15) is 22.8 Å². The topological polar surface area (TPSA) is 79.5 Å². The number of hydrazine groups is 1. The molecule has 0 aliphatic rings. The summed E-state index contributed by atoms with van der Waals surface area (Å²) in [4.78, 5) is 23.7. The summed E-state index contributed by atoms with van der Waals surface area (Å²) in [6.45, 7) is 1.87. The van der Waals surface area contributed by atoms with E-state index in [9.17, 15) is 9.59 Å². The van der Waals surface area contributed by atoms with Gasteiger partial charge in [0.15, 0.2) is 11.7 Å². The van der Waals surface area contributed by atoms with E-state index in [2.05, 4.69) is 23.1 Å². The summed E-state index contributed by atoms with van der Waals surface area (Å²) in [7, 11) is 0. The quantitative estimate of drug-likeness (QED) is 0.539. The highest BCUT2D eigenvalue weighted by Gasteiger charge is 2.09. The summed E-state index contributed by atoms with van der Waals surface area (Å²) in [5, 5.41) is 2.93. The molecule has 2 rings (SSSR count). The lowest BCUT2D eigenvalue weighted by atomic mass is 10.2. The highest BCUT2D eigenvalue weighted by Crippen LogP contribution is 2.12. The Morgan fingerprint density at radius 2 is 1.69 bits per heavy atom. The lowest BCUT2D eigenvalue weighted by molar-refractivity contribution is -0.123. The molecule has 3 N–H and O–H groups in total. The Labute approximate surface area is 161 Å². The smallest absolute Gasteiger partial charge is 0.276 e. The van der Waals surface area contributed by atoms with Crippen LogP contribution in [0.15, 0.2) is 48.5 Å². The van der Waals surface area contributed by atoms with E-state index in [1.807, 2.05) is 12.1 Å². The first kappa shape index (κ1) is 19.7. The molecule has 2 aromatic rings. The lowest BCUT2D eigenvalue weighted by Crippen LogP contribution is -2.49. The SMILES string of the molecule is CCc1ccc(OCC(=O)NNC(=S)NC(=O)c2ccc(Cl)cc2)cc1.